The Morgan fingerprint density at radius 3 is 2.52 bits per heavy atom. The van der Waals surface area contributed by atoms with Crippen molar-refractivity contribution < 1.29 is 4.79 Å². The van der Waals surface area contributed by atoms with E-state index in [2.05, 4.69) is 10.3 Å². The molecule has 25 heavy (non-hydrogen) atoms. The van der Waals surface area contributed by atoms with Gasteiger partial charge in [-0.05, 0) is 37.5 Å². The van der Waals surface area contributed by atoms with E-state index in [0.29, 0.717) is 23.0 Å². The quantitative estimate of drug-likeness (QED) is 0.836. The van der Waals surface area contributed by atoms with E-state index in [1.165, 1.54) is 30.6 Å². The molecular weight excluding hydrogens is 354 g/mol. The Morgan fingerprint density at radius 2 is 1.84 bits per heavy atom. The average Bonchev–Trinajstić information content (AvgIpc) is 3.04. The van der Waals surface area contributed by atoms with Crippen molar-refractivity contribution in [3.05, 3.63) is 35.7 Å². The number of hydrogen-bond donors (Lipinski definition) is 2. The number of rotatable bonds is 3. The molecule has 3 N–H and O–H groups in total. The molecular formula is C19H24ClN3OS. The van der Waals surface area contributed by atoms with Crippen LogP contribution in [-0.2, 0) is 4.79 Å². The van der Waals surface area contributed by atoms with Crippen molar-refractivity contribution in [3.63, 3.8) is 0 Å². The van der Waals surface area contributed by atoms with E-state index < -0.39 is 0 Å². The first-order valence-corrected chi connectivity index (χ1v) is 9.66. The van der Waals surface area contributed by atoms with Crippen LogP contribution >= 0.6 is 23.7 Å². The van der Waals surface area contributed by atoms with Crippen molar-refractivity contribution in [1.82, 2.24) is 4.98 Å². The summed E-state index contributed by atoms with van der Waals surface area (Å²) in [7, 11) is 0. The number of carbonyl (C=O) groups excluding carboxylic acids is 1. The first-order valence-electron chi connectivity index (χ1n) is 8.78. The number of nitrogens with zero attached hydrogens (tertiary/aromatic N) is 1. The topological polar surface area (TPSA) is 68.0 Å². The third-order valence-electron chi connectivity index (χ3n) is 5.59. The van der Waals surface area contributed by atoms with E-state index in [9.17, 15) is 4.79 Å². The Morgan fingerprint density at radius 1 is 1.16 bits per heavy atom. The highest BCUT2D eigenvalue weighted by molar-refractivity contribution is 7.14. The number of amides is 1. The number of fused-ring (bicyclic) bond motifs is 2. The minimum Gasteiger partial charge on any atom is -0.327 e. The predicted molar refractivity (Wildman–Crippen MR) is 105 cm³/mol. The number of nitrogens with two attached hydrogens (primary N) is 1. The van der Waals surface area contributed by atoms with Gasteiger partial charge in [0.2, 0.25) is 5.91 Å². The largest absolute Gasteiger partial charge is 0.327 e. The van der Waals surface area contributed by atoms with Crippen LogP contribution in [0.2, 0.25) is 0 Å². The lowest BCUT2D eigenvalue weighted by Gasteiger charge is -2.43. The summed E-state index contributed by atoms with van der Waals surface area (Å²) in [6.07, 6.45) is 5.48. The van der Waals surface area contributed by atoms with Gasteiger partial charge >= 0.3 is 0 Å². The van der Waals surface area contributed by atoms with Crippen LogP contribution < -0.4 is 11.1 Å². The summed E-state index contributed by atoms with van der Waals surface area (Å²) >= 11 is 1.49. The molecule has 2 aromatic rings. The van der Waals surface area contributed by atoms with E-state index in [1.807, 2.05) is 35.7 Å². The minimum absolute atomic E-state index is 0. The van der Waals surface area contributed by atoms with Crippen molar-refractivity contribution in [2.75, 3.05) is 5.32 Å². The van der Waals surface area contributed by atoms with Gasteiger partial charge in [-0.2, -0.15) is 0 Å². The Balaban J connectivity index is 0.00000182. The summed E-state index contributed by atoms with van der Waals surface area (Å²) in [5.41, 5.74) is 8.32. The lowest BCUT2D eigenvalue weighted by Crippen LogP contribution is -2.48. The molecule has 2 bridgehead atoms. The third kappa shape index (κ3) is 3.89. The van der Waals surface area contributed by atoms with Crippen molar-refractivity contribution in [2.24, 2.45) is 23.5 Å². The van der Waals surface area contributed by atoms with Crippen LogP contribution in [0.5, 0.6) is 0 Å². The molecule has 4 rings (SSSR count). The maximum absolute atomic E-state index is 12.7. The Labute approximate surface area is 158 Å². The van der Waals surface area contributed by atoms with Crippen LogP contribution in [0.15, 0.2) is 35.7 Å². The van der Waals surface area contributed by atoms with Gasteiger partial charge < -0.3 is 11.1 Å². The number of aromatic nitrogens is 1. The summed E-state index contributed by atoms with van der Waals surface area (Å²) in [6.45, 7) is 0. The zero-order valence-electron chi connectivity index (χ0n) is 14.1. The monoisotopic (exact) mass is 377 g/mol. The number of halogens is 1. The smallest absolute Gasteiger partial charge is 0.229 e. The highest BCUT2D eigenvalue weighted by Crippen LogP contribution is 2.42. The maximum Gasteiger partial charge on any atom is 0.229 e. The van der Waals surface area contributed by atoms with Crippen molar-refractivity contribution in [3.8, 4) is 11.3 Å². The molecule has 1 aromatic heterocycles. The van der Waals surface area contributed by atoms with E-state index in [4.69, 9.17) is 5.73 Å². The van der Waals surface area contributed by atoms with Gasteiger partial charge in [0.15, 0.2) is 5.13 Å². The molecule has 2 unspecified atom stereocenters. The van der Waals surface area contributed by atoms with Crippen molar-refractivity contribution >= 4 is 34.8 Å². The van der Waals surface area contributed by atoms with Gasteiger partial charge in [-0.25, -0.2) is 4.98 Å². The van der Waals surface area contributed by atoms with Gasteiger partial charge in [0.05, 0.1) is 5.69 Å². The van der Waals surface area contributed by atoms with Crippen LogP contribution in [0.25, 0.3) is 11.3 Å². The second kappa shape index (κ2) is 7.85. The van der Waals surface area contributed by atoms with Crippen LogP contribution in [-0.4, -0.2) is 16.9 Å². The van der Waals surface area contributed by atoms with E-state index in [-0.39, 0.29) is 24.2 Å². The van der Waals surface area contributed by atoms with Crippen LogP contribution in [0.4, 0.5) is 5.13 Å². The lowest BCUT2D eigenvalue weighted by molar-refractivity contribution is -0.122. The fraction of sp³-hybridized carbons (Fsp3) is 0.474. The molecule has 0 aliphatic heterocycles. The van der Waals surface area contributed by atoms with Crippen molar-refractivity contribution in [2.45, 2.75) is 38.1 Å². The summed E-state index contributed by atoms with van der Waals surface area (Å²) in [6, 6.07) is 10.3. The molecule has 1 aromatic carbocycles. The molecule has 1 amide bonds. The number of carbonyl (C=O) groups is 1. The van der Waals surface area contributed by atoms with Gasteiger partial charge in [-0.3, -0.25) is 4.79 Å². The molecule has 134 valence electrons. The zero-order chi connectivity index (χ0) is 16.5. The number of hydrogen-bond acceptors (Lipinski definition) is 4. The normalized spacial score (nSPS) is 28.0. The Kier molecular flexibility index (Phi) is 5.77. The van der Waals surface area contributed by atoms with E-state index in [1.54, 1.807) is 0 Å². The standard InChI is InChI=1S/C19H23N3OS.ClH/c20-17-13-7-4-8-14(17)10-15(9-13)18(23)22-19-21-16(11-24-19)12-5-2-1-3-6-12;/h1-3,5-6,11,13-15,17H,4,7-10,20H2,(H,21,22,23);1H. The number of nitrogens with one attached hydrogen (secondary N) is 1. The molecule has 2 fully saturated rings. The average molecular weight is 378 g/mol. The van der Waals surface area contributed by atoms with Gasteiger partial charge in [0.1, 0.15) is 0 Å². The minimum atomic E-state index is 0. The highest BCUT2D eigenvalue weighted by Gasteiger charge is 2.40. The molecule has 0 spiro atoms. The first kappa shape index (κ1) is 18.4. The molecule has 0 saturated heterocycles. The third-order valence-corrected chi connectivity index (χ3v) is 6.35. The van der Waals surface area contributed by atoms with E-state index in [0.717, 1.165) is 24.1 Å². The number of benzene rings is 1. The number of anilines is 1. The molecule has 1 heterocycles. The molecule has 2 atom stereocenters. The van der Waals surface area contributed by atoms with Crippen molar-refractivity contribution in [1.29, 1.82) is 0 Å². The Bertz CT molecular complexity index is 706. The van der Waals surface area contributed by atoms with Gasteiger partial charge in [-0.1, -0.05) is 36.8 Å². The highest BCUT2D eigenvalue weighted by atomic mass is 35.5. The zero-order valence-corrected chi connectivity index (χ0v) is 15.7. The molecule has 6 heteroatoms. The molecule has 4 nitrogen and oxygen atoms in total. The predicted octanol–water partition coefficient (Wildman–Crippen LogP) is 4.32. The SMILES string of the molecule is Cl.NC1C2CCCC1CC(C(=O)Nc1nc(-c3ccccc3)cs1)C2. The Hall–Kier alpha value is -1.43. The lowest BCUT2D eigenvalue weighted by atomic mass is 9.65. The molecule has 0 radical (unpaired) electrons. The fourth-order valence-electron chi connectivity index (χ4n) is 4.28. The first-order chi connectivity index (χ1) is 11.7. The van der Waals surface area contributed by atoms with Gasteiger partial charge in [0, 0.05) is 22.9 Å². The molecule has 2 aliphatic carbocycles. The summed E-state index contributed by atoms with van der Waals surface area (Å²) in [5.74, 6) is 1.24. The molecule has 2 aliphatic rings. The number of thiazole rings is 1. The molecule has 2 saturated carbocycles. The maximum atomic E-state index is 12.7. The summed E-state index contributed by atoms with van der Waals surface area (Å²) < 4.78 is 0. The van der Waals surface area contributed by atoms with E-state index >= 15 is 0 Å². The van der Waals surface area contributed by atoms with Crippen LogP contribution in [0.1, 0.15) is 32.1 Å². The van der Waals surface area contributed by atoms with Gasteiger partial charge in [-0.15, -0.1) is 23.7 Å². The summed E-state index contributed by atoms with van der Waals surface area (Å²) in [4.78, 5) is 17.2. The second-order valence-electron chi connectivity index (χ2n) is 7.09. The van der Waals surface area contributed by atoms with Crippen LogP contribution in [0.3, 0.4) is 0 Å². The van der Waals surface area contributed by atoms with Crippen LogP contribution in [0, 0.1) is 17.8 Å². The second-order valence-corrected chi connectivity index (χ2v) is 7.95. The van der Waals surface area contributed by atoms with Gasteiger partial charge in [0.25, 0.3) is 0 Å². The summed E-state index contributed by atoms with van der Waals surface area (Å²) in [5, 5.41) is 5.72. The fourth-order valence-corrected chi connectivity index (χ4v) is 5.01.